The van der Waals surface area contributed by atoms with E-state index in [1.54, 1.807) is 24.5 Å². The Morgan fingerprint density at radius 3 is 1.26 bits per heavy atom. The lowest BCUT2D eigenvalue weighted by Crippen LogP contribution is -2.20. The van der Waals surface area contributed by atoms with Crippen LogP contribution >= 0.6 is 0 Å². The van der Waals surface area contributed by atoms with E-state index in [1.165, 1.54) is 12.1 Å². The molecule has 69 heavy (non-hydrogen) atoms. The van der Waals surface area contributed by atoms with Crippen LogP contribution in [0.25, 0.3) is 33.6 Å². The number of nitrogens with one attached hydrogen (secondary N) is 2. The van der Waals surface area contributed by atoms with Gasteiger partial charge >= 0.3 is 18.4 Å². The maximum Gasteiger partial charge on any atom is 0.416 e. The fourth-order valence-electron chi connectivity index (χ4n) is 7.19. The number of carbonyl (C=O) groups is 1. The number of hydrogen-bond acceptors (Lipinski definition) is 9. The largest absolute Gasteiger partial charge is 0.416 e. The fourth-order valence-corrected chi connectivity index (χ4v) is 7.19. The summed E-state index contributed by atoms with van der Waals surface area (Å²) in [4.78, 5) is 26.8. The molecule has 0 saturated carbocycles. The van der Waals surface area contributed by atoms with Crippen molar-refractivity contribution in [1.82, 2.24) is 15.0 Å². The molecule has 0 unspecified atom stereocenters. The van der Waals surface area contributed by atoms with Gasteiger partial charge in [0, 0.05) is 34.9 Å². The van der Waals surface area contributed by atoms with Crippen LogP contribution in [-0.2, 0) is 75.7 Å². The predicted octanol–water partition coefficient (Wildman–Crippen LogP) is 12.1. The maximum atomic E-state index is 13.3. The van der Waals surface area contributed by atoms with Gasteiger partial charge in [0.1, 0.15) is 0 Å². The lowest BCUT2D eigenvalue weighted by molar-refractivity contribution is -0.143. The van der Waals surface area contributed by atoms with Crippen LogP contribution in [0.2, 0.25) is 0 Å². The number of carbonyl (C=O) groups excluding carboxylic acids is 1. The highest BCUT2D eigenvalue weighted by molar-refractivity contribution is 6.00. The van der Waals surface area contributed by atoms with Crippen molar-refractivity contribution in [1.29, 1.82) is 0 Å². The Morgan fingerprint density at radius 1 is 0.420 bits per heavy atom. The van der Waals surface area contributed by atoms with Gasteiger partial charge in [-0.15, -0.1) is 0 Å². The van der Waals surface area contributed by atoms with Gasteiger partial charge in [0.25, 0.3) is 0 Å². The van der Waals surface area contributed by atoms with Gasteiger partial charge in [-0.25, -0.2) is 4.79 Å². The minimum Gasteiger partial charge on any atom is -0.377 e. The fraction of sp³-hybridized carbons (Fsp3) is 0.231. The molecule has 0 radical (unpaired) electrons. The van der Waals surface area contributed by atoms with Gasteiger partial charge < -0.3 is 34.3 Å². The number of anilines is 2. The molecule has 4 aromatic carbocycles. The van der Waals surface area contributed by atoms with Gasteiger partial charge in [0.05, 0.1) is 100.0 Å². The van der Waals surface area contributed by atoms with Crippen LogP contribution < -0.4 is 10.6 Å². The Bertz CT molecular complexity index is 2680. The Hall–Kier alpha value is -7.02. The zero-order valence-corrected chi connectivity index (χ0v) is 36.9. The Morgan fingerprint density at radius 2 is 0.826 bits per heavy atom. The summed E-state index contributed by atoms with van der Waals surface area (Å²) in [6.45, 7) is 4.22. The first-order chi connectivity index (χ1) is 33.3. The van der Waals surface area contributed by atoms with Crippen molar-refractivity contribution in [3.8, 4) is 33.6 Å². The van der Waals surface area contributed by atoms with Crippen molar-refractivity contribution in [2.75, 3.05) is 37.1 Å². The Kier molecular flexibility index (Phi) is 15.7. The van der Waals surface area contributed by atoms with Crippen molar-refractivity contribution < 1.29 is 54.8 Å². The highest BCUT2D eigenvalue weighted by atomic mass is 19.4. The highest BCUT2D eigenvalue weighted by Gasteiger charge is 2.37. The van der Waals surface area contributed by atoms with Crippen LogP contribution in [0.3, 0.4) is 0 Å². The first-order valence-corrected chi connectivity index (χ1v) is 21.8. The quantitative estimate of drug-likeness (QED) is 0.162. The summed E-state index contributed by atoms with van der Waals surface area (Å²) >= 11 is 0. The number of hydrogen-bond donors (Lipinski definition) is 2. The van der Waals surface area contributed by atoms with Gasteiger partial charge in [0.15, 0.2) is 0 Å². The molecule has 0 saturated heterocycles. The number of urea groups is 1. The van der Waals surface area contributed by atoms with Crippen LogP contribution in [0.15, 0.2) is 140 Å². The number of alkyl halides is 6. The van der Waals surface area contributed by atoms with E-state index in [9.17, 15) is 31.1 Å². The third kappa shape index (κ3) is 14.0. The molecule has 7 heterocycles. The molecule has 0 fully saturated rings. The van der Waals surface area contributed by atoms with E-state index < -0.39 is 35.2 Å². The molecule has 2 N–H and O–H groups in total. The molecule has 4 aliphatic rings. The lowest BCUT2D eigenvalue weighted by atomic mass is 10.0. The summed E-state index contributed by atoms with van der Waals surface area (Å²) in [6.07, 6.45) is -6.68. The van der Waals surface area contributed by atoms with Gasteiger partial charge in [-0.3, -0.25) is 15.0 Å². The maximum absolute atomic E-state index is 13.3. The third-order valence-corrected chi connectivity index (χ3v) is 10.7. The van der Waals surface area contributed by atoms with Crippen molar-refractivity contribution >= 4 is 17.4 Å². The highest BCUT2D eigenvalue weighted by Crippen LogP contribution is 2.38. The third-order valence-electron chi connectivity index (χ3n) is 10.7. The zero-order valence-electron chi connectivity index (χ0n) is 36.9. The number of benzene rings is 4. The summed E-state index contributed by atoms with van der Waals surface area (Å²) in [5, 5.41) is 4.47. The van der Waals surface area contributed by atoms with Gasteiger partial charge in [0.2, 0.25) is 0 Å². The average molecular weight is 950 g/mol. The second-order valence-electron chi connectivity index (χ2n) is 16.0. The molecule has 6 bridgehead atoms. The zero-order chi connectivity index (χ0) is 48.2. The minimum atomic E-state index is -5.06. The number of rotatable bonds is 5. The number of aromatic nitrogens is 3. The molecule has 3 aromatic heterocycles. The molecule has 11 rings (SSSR count). The molecule has 0 atom stereocenters. The lowest BCUT2D eigenvalue weighted by Gasteiger charge is -2.15. The van der Waals surface area contributed by atoms with E-state index in [0.29, 0.717) is 76.4 Å². The van der Waals surface area contributed by atoms with E-state index in [0.717, 1.165) is 55.9 Å². The minimum absolute atomic E-state index is 0.0144. The molecule has 11 nitrogen and oxygen atoms in total. The van der Waals surface area contributed by atoms with E-state index in [1.807, 2.05) is 84.9 Å². The van der Waals surface area contributed by atoms with Crippen LogP contribution in [0.4, 0.5) is 42.5 Å². The van der Waals surface area contributed by atoms with E-state index in [4.69, 9.17) is 33.7 Å². The van der Waals surface area contributed by atoms with Crippen LogP contribution in [0.5, 0.6) is 0 Å². The number of ether oxygens (including phenoxy) is 5. The molecule has 7 aromatic rings. The number of pyridine rings is 3. The first-order valence-electron chi connectivity index (χ1n) is 21.8. The molecule has 17 heteroatoms. The molecule has 0 spiro atoms. The second kappa shape index (κ2) is 22.4. The number of halogens is 6. The summed E-state index contributed by atoms with van der Waals surface area (Å²) in [5.41, 5.74) is 6.54. The summed E-state index contributed by atoms with van der Waals surface area (Å²) in [7, 11) is 0. The summed E-state index contributed by atoms with van der Waals surface area (Å²) in [6, 6.07) is 33.9. The molecule has 2 amide bonds. The molecule has 0 aliphatic carbocycles. The monoisotopic (exact) mass is 949 g/mol. The number of amides is 2. The summed E-state index contributed by atoms with van der Waals surface area (Å²) in [5.74, 6) is 0. The molecular formula is C52H45F6N5O6. The van der Waals surface area contributed by atoms with Crippen molar-refractivity contribution in [2.24, 2.45) is 0 Å². The summed E-state index contributed by atoms with van der Waals surface area (Å²) < 4.78 is 109. The second-order valence-corrected chi connectivity index (χ2v) is 16.0. The van der Waals surface area contributed by atoms with Crippen LogP contribution in [0, 0.1) is 0 Å². The van der Waals surface area contributed by atoms with Crippen molar-refractivity contribution in [3.05, 3.63) is 185 Å². The Labute approximate surface area is 393 Å². The van der Waals surface area contributed by atoms with Crippen molar-refractivity contribution in [3.63, 3.8) is 0 Å². The van der Waals surface area contributed by atoms with Crippen LogP contribution in [0.1, 0.15) is 44.8 Å². The van der Waals surface area contributed by atoms with E-state index in [2.05, 4.69) is 15.6 Å². The molecular weight excluding hydrogens is 905 g/mol. The average Bonchev–Trinajstić information content (AvgIpc) is 3.34. The normalized spacial score (nSPS) is 14.6. The standard InChI is InChI=1S/C52H45F6N5O6/c53-51(54,55)42-23-43(52(56,57)58)25-45(24-42)63-50(64)62-44-13-9-38(10-14-44)39-11-15-48(59-26-39)49-16-12-40(27-60-49)41-21-46-32-68-30-36-5-1-34(2-6-36)28-66-19-17-65-18-20-67-29-35-3-7-37(8-4-35)31-69-33-47(22-41)61-46/h1-16,21-27H,17-20,28-33H2,(H2,62,63,64). The predicted molar refractivity (Wildman–Crippen MR) is 245 cm³/mol. The van der Waals surface area contributed by atoms with Gasteiger partial charge in [-0.1, -0.05) is 72.8 Å². The first kappa shape index (κ1) is 48.4. The molecule has 4 aliphatic heterocycles. The van der Waals surface area contributed by atoms with Gasteiger partial charge in [-0.2, -0.15) is 26.3 Å². The Balaban J connectivity index is 0.916. The SMILES string of the molecule is O=C(Nc1ccc(-c2ccc(-c3ccc(-c4cc5nc(c4)COCc4ccc(cc4)COCCOCCOCc4ccc(cc4)COC5)cn3)nc2)cc1)Nc1cc(C(F)(F)F)cc(C(F)(F)F)c1. The number of nitrogens with zero attached hydrogens (tertiary/aromatic N) is 3. The van der Waals surface area contributed by atoms with E-state index in [-0.39, 0.29) is 25.0 Å². The van der Waals surface area contributed by atoms with E-state index >= 15 is 0 Å². The van der Waals surface area contributed by atoms with Crippen LogP contribution in [-0.4, -0.2) is 47.4 Å². The molecule has 356 valence electrons. The smallest absolute Gasteiger partial charge is 0.377 e. The van der Waals surface area contributed by atoms with Crippen molar-refractivity contribution in [2.45, 2.75) is 52.0 Å². The topological polar surface area (TPSA) is 126 Å². The van der Waals surface area contributed by atoms with Gasteiger partial charge in [-0.05, 0) is 88.0 Å².